The predicted octanol–water partition coefficient (Wildman–Crippen LogP) is 5.08. The lowest BCUT2D eigenvalue weighted by atomic mass is 9.65. The van der Waals surface area contributed by atoms with Crippen LogP contribution in [0.4, 0.5) is 11.4 Å². The van der Waals surface area contributed by atoms with Crippen molar-refractivity contribution in [3.8, 4) is 5.75 Å². The number of hydrogen-bond donors (Lipinski definition) is 1. The minimum Gasteiger partial charge on any atom is -0.485 e. The Bertz CT molecular complexity index is 1100. The third-order valence-electron chi connectivity index (χ3n) is 6.18. The van der Waals surface area contributed by atoms with Gasteiger partial charge in [0.1, 0.15) is 12.4 Å². The summed E-state index contributed by atoms with van der Waals surface area (Å²) in [5.74, 6) is 0.561. The van der Waals surface area contributed by atoms with Crippen molar-refractivity contribution < 1.29 is 9.53 Å². The van der Waals surface area contributed by atoms with Gasteiger partial charge in [-0.15, -0.1) is 0 Å². The molecule has 2 N–H and O–H groups in total. The molecule has 2 heterocycles. The molecule has 0 saturated heterocycles. The van der Waals surface area contributed by atoms with Gasteiger partial charge in [0, 0.05) is 30.1 Å². The fraction of sp³-hybridized carbons (Fsp3) is 0.308. The highest BCUT2D eigenvalue weighted by Gasteiger charge is 2.47. The molecule has 0 saturated carbocycles. The fourth-order valence-corrected chi connectivity index (χ4v) is 5.00. The van der Waals surface area contributed by atoms with E-state index >= 15 is 0 Å². The number of hydrogen-bond acceptors (Lipinski definition) is 4. The molecule has 1 aliphatic heterocycles. The van der Waals surface area contributed by atoms with E-state index in [9.17, 15) is 4.79 Å². The van der Waals surface area contributed by atoms with E-state index in [0.717, 1.165) is 23.4 Å². The van der Waals surface area contributed by atoms with Crippen LogP contribution in [0.15, 0.2) is 66.9 Å². The summed E-state index contributed by atoms with van der Waals surface area (Å²) >= 11 is 0. The first-order valence-electron chi connectivity index (χ1n) is 10.6. The largest absolute Gasteiger partial charge is 0.485 e. The molecule has 1 aromatic heterocycles. The Balaban J connectivity index is 1.84. The average molecular weight is 416 g/mol. The van der Waals surface area contributed by atoms with Crippen molar-refractivity contribution in [2.24, 2.45) is 0 Å². The van der Waals surface area contributed by atoms with E-state index in [2.05, 4.69) is 50.0 Å². The SMILES string of the molecule is CC(=O)N1c2cc(OCc3ccccn3)c(N)cc2C(C)(c2ccccc2)CC1(C)C. The Labute approximate surface area is 183 Å². The molecule has 0 aliphatic carbocycles. The normalized spacial score (nSPS) is 19.5. The van der Waals surface area contributed by atoms with E-state index in [1.807, 2.05) is 41.3 Å². The van der Waals surface area contributed by atoms with Crippen LogP contribution in [0.5, 0.6) is 5.75 Å². The number of aromatic nitrogens is 1. The van der Waals surface area contributed by atoms with Gasteiger partial charge in [-0.3, -0.25) is 9.78 Å². The van der Waals surface area contributed by atoms with Crippen LogP contribution in [0.3, 0.4) is 0 Å². The lowest BCUT2D eigenvalue weighted by Gasteiger charge is -2.51. The number of carbonyl (C=O) groups is 1. The first-order valence-corrected chi connectivity index (χ1v) is 10.6. The quantitative estimate of drug-likeness (QED) is 0.603. The van der Waals surface area contributed by atoms with Crippen LogP contribution in [0, 0.1) is 0 Å². The van der Waals surface area contributed by atoms with Gasteiger partial charge in [0.25, 0.3) is 0 Å². The molecule has 5 heteroatoms. The molecule has 0 radical (unpaired) electrons. The van der Waals surface area contributed by atoms with Gasteiger partial charge in [-0.2, -0.15) is 0 Å². The molecule has 160 valence electrons. The summed E-state index contributed by atoms with van der Waals surface area (Å²) in [5.41, 5.74) is 10.2. The van der Waals surface area contributed by atoms with Gasteiger partial charge >= 0.3 is 0 Å². The molecule has 1 atom stereocenters. The Kier molecular flexibility index (Phi) is 5.21. The molecule has 4 rings (SSSR count). The summed E-state index contributed by atoms with van der Waals surface area (Å²) in [5, 5.41) is 0. The Hall–Kier alpha value is -3.34. The van der Waals surface area contributed by atoms with Crippen LogP contribution in [-0.4, -0.2) is 16.4 Å². The molecule has 1 aliphatic rings. The maximum absolute atomic E-state index is 12.7. The summed E-state index contributed by atoms with van der Waals surface area (Å²) in [7, 11) is 0. The second-order valence-electron chi connectivity index (χ2n) is 9.06. The Morgan fingerprint density at radius 1 is 1.10 bits per heavy atom. The maximum atomic E-state index is 12.7. The lowest BCUT2D eigenvalue weighted by Crippen LogP contribution is -2.55. The molecule has 5 nitrogen and oxygen atoms in total. The van der Waals surface area contributed by atoms with E-state index in [4.69, 9.17) is 10.5 Å². The third-order valence-corrected chi connectivity index (χ3v) is 6.18. The van der Waals surface area contributed by atoms with Crippen molar-refractivity contribution in [3.05, 3.63) is 83.7 Å². The molecule has 0 bridgehead atoms. The number of amides is 1. The van der Waals surface area contributed by atoms with E-state index in [1.165, 1.54) is 5.56 Å². The number of ether oxygens (including phenoxy) is 1. The van der Waals surface area contributed by atoms with Gasteiger partial charge in [-0.05, 0) is 49.6 Å². The first kappa shape index (κ1) is 20.9. The topological polar surface area (TPSA) is 68.5 Å². The molecular weight excluding hydrogens is 386 g/mol. The fourth-order valence-electron chi connectivity index (χ4n) is 5.00. The van der Waals surface area contributed by atoms with Crippen LogP contribution in [0.1, 0.15) is 50.9 Å². The molecular formula is C26H29N3O2. The number of pyridine rings is 1. The minimum atomic E-state index is -0.377. The van der Waals surface area contributed by atoms with E-state index in [0.29, 0.717) is 18.0 Å². The van der Waals surface area contributed by atoms with Gasteiger partial charge in [-0.1, -0.05) is 43.3 Å². The van der Waals surface area contributed by atoms with Gasteiger partial charge < -0.3 is 15.4 Å². The van der Waals surface area contributed by atoms with Crippen molar-refractivity contribution in [3.63, 3.8) is 0 Å². The summed E-state index contributed by atoms with van der Waals surface area (Å²) in [6.45, 7) is 8.38. The van der Waals surface area contributed by atoms with E-state index in [1.54, 1.807) is 13.1 Å². The first-order chi connectivity index (χ1) is 14.7. The van der Waals surface area contributed by atoms with Crippen molar-refractivity contribution >= 4 is 17.3 Å². The minimum absolute atomic E-state index is 0.00168. The van der Waals surface area contributed by atoms with Crippen molar-refractivity contribution in [1.29, 1.82) is 0 Å². The summed E-state index contributed by atoms with van der Waals surface area (Å²) in [6, 6.07) is 20.0. The van der Waals surface area contributed by atoms with E-state index < -0.39 is 0 Å². The number of rotatable bonds is 4. The van der Waals surface area contributed by atoms with Crippen LogP contribution < -0.4 is 15.4 Å². The number of anilines is 2. The van der Waals surface area contributed by atoms with Gasteiger partial charge in [0.05, 0.1) is 17.1 Å². The van der Waals surface area contributed by atoms with Crippen molar-refractivity contribution in [1.82, 2.24) is 4.98 Å². The second-order valence-corrected chi connectivity index (χ2v) is 9.06. The molecule has 31 heavy (non-hydrogen) atoms. The maximum Gasteiger partial charge on any atom is 0.224 e. The number of nitrogens with two attached hydrogens (primary N) is 1. The lowest BCUT2D eigenvalue weighted by molar-refractivity contribution is -0.117. The highest BCUT2D eigenvalue weighted by molar-refractivity contribution is 5.96. The zero-order valence-corrected chi connectivity index (χ0v) is 18.6. The highest BCUT2D eigenvalue weighted by atomic mass is 16.5. The zero-order chi connectivity index (χ0) is 22.2. The zero-order valence-electron chi connectivity index (χ0n) is 18.6. The Morgan fingerprint density at radius 2 is 1.81 bits per heavy atom. The predicted molar refractivity (Wildman–Crippen MR) is 124 cm³/mol. The summed E-state index contributed by atoms with van der Waals surface area (Å²) < 4.78 is 6.03. The second kappa shape index (κ2) is 7.73. The highest BCUT2D eigenvalue weighted by Crippen LogP contribution is 2.52. The summed E-state index contributed by atoms with van der Waals surface area (Å²) in [6.07, 6.45) is 2.52. The van der Waals surface area contributed by atoms with Crippen molar-refractivity contribution in [2.75, 3.05) is 10.6 Å². The molecule has 2 aromatic carbocycles. The molecule has 0 fully saturated rings. The third kappa shape index (κ3) is 3.76. The average Bonchev–Trinajstić information content (AvgIpc) is 2.73. The smallest absolute Gasteiger partial charge is 0.224 e. The van der Waals surface area contributed by atoms with Crippen LogP contribution >= 0.6 is 0 Å². The van der Waals surface area contributed by atoms with E-state index in [-0.39, 0.29) is 16.9 Å². The monoisotopic (exact) mass is 415 g/mol. The summed E-state index contributed by atoms with van der Waals surface area (Å²) in [4.78, 5) is 18.9. The number of carbonyl (C=O) groups excluding carboxylic acids is 1. The van der Waals surface area contributed by atoms with Gasteiger partial charge in [0.15, 0.2) is 0 Å². The Morgan fingerprint density at radius 3 is 2.45 bits per heavy atom. The van der Waals surface area contributed by atoms with Crippen molar-refractivity contribution in [2.45, 2.75) is 51.7 Å². The van der Waals surface area contributed by atoms with Crippen LogP contribution in [-0.2, 0) is 16.8 Å². The van der Waals surface area contributed by atoms with Crippen LogP contribution in [0.2, 0.25) is 0 Å². The number of nitrogen functional groups attached to an aromatic ring is 1. The number of benzene rings is 2. The number of nitrogens with zero attached hydrogens (tertiary/aromatic N) is 2. The van der Waals surface area contributed by atoms with Gasteiger partial charge in [0.2, 0.25) is 5.91 Å². The standard InChI is InChI=1S/C26H29N3O2/c1-18(30)29-23-15-24(31-16-20-12-8-9-13-28-20)22(27)14-21(23)26(4,17-25(29,2)3)19-10-6-5-7-11-19/h5-15H,16-17,27H2,1-4H3. The van der Waals surface area contributed by atoms with Crippen LogP contribution in [0.25, 0.3) is 0 Å². The number of fused-ring (bicyclic) bond motifs is 1. The molecule has 0 spiro atoms. The molecule has 1 amide bonds. The molecule has 1 unspecified atom stereocenters. The van der Waals surface area contributed by atoms with Gasteiger partial charge in [-0.25, -0.2) is 0 Å². The molecule has 3 aromatic rings.